The van der Waals surface area contributed by atoms with Crippen LogP contribution in [-0.4, -0.2) is 28.1 Å². The number of benzene rings is 2. The van der Waals surface area contributed by atoms with E-state index in [1.807, 2.05) is 6.07 Å². The van der Waals surface area contributed by atoms with Crippen LogP contribution < -0.4 is 4.72 Å². The first-order valence-corrected chi connectivity index (χ1v) is 9.11. The molecule has 0 fully saturated rings. The van der Waals surface area contributed by atoms with Crippen LogP contribution in [0, 0.1) is 10.1 Å². The lowest BCUT2D eigenvalue weighted by atomic mass is 10.2. The van der Waals surface area contributed by atoms with Gasteiger partial charge < -0.3 is 0 Å². The molecule has 1 aromatic heterocycles. The van der Waals surface area contributed by atoms with Crippen molar-refractivity contribution in [3.05, 3.63) is 75.6 Å². The van der Waals surface area contributed by atoms with Crippen LogP contribution in [0.3, 0.4) is 0 Å². The molecule has 3 aromatic rings. The Morgan fingerprint density at radius 1 is 1.19 bits per heavy atom. The number of nitrogens with zero attached hydrogens (tertiary/aromatic N) is 4. The van der Waals surface area contributed by atoms with Crippen molar-refractivity contribution in [2.75, 3.05) is 4.72 Å². The maximum Gasteiger partial charge on any atom is 0.270 e. The van der Waals surface area contributed by atoms with Crippen LogP contribution in [0.25, 0.3) is 0 Å². The third-order valence-electron chi connectivity index (χ3n) is 3.33. The lowest BCUT2D eigenvalue weighted by molar-refractivity contribution is -0.385. The summed E-state index contributed by atoms with van der Waals surface area (Å²) in [5, 5.41) is 15.4. The molecule has 11 heteroatoms. The largest absolute Gasteiger partial charge is 0.270 e. The highest BCUT2D eigenvalue weighted by Crippen LogP contribution is 2.19. The smallest absolute Gasteiger partial charge is 0.258 e. The van der Waals surface area contributed by atoms with Crippen molar-refractivity contribution in [1.82, 2.24) is 14.8 Å². The number of hydrogen-bond acceptors (Lipinski definition) is 6. The Kier molecular flexibility index (Phi) is 4.87. The second-order valence-electron chi connectivity index (χ2n) is 5.26. The zero-order valence-electron chi connectivity index (χ0n) is 13.1. The highest BCUT2D eigenvalue weighted by molar-refractivity contribution is 7.92. The predicted molar refractivity (Wildman–Crippen MR) is 94.5 cm³/mol. The first-order valence-electron chi connectivity index (χ1n) is 7.25. The monoisotopic (exact) mass is 393 g/mol. The summed E-state index contributed by atoms with van der Waals surface area (Å²) >= 11 is 5.92. The van der Waals surface area contributed by atoms with Crippen LogP contribution >= 0.6 is 11.6 Å². The van der Waals surface area contributed by atoms with E-state index in [0.717, 1.165) is 11.6 Å². The van der Waals surface area contributed by atoms with E-state index in [0.29, 0.717) is 11.6 Å². The SMILES string of the molecule is O=[N+]([O-])c1cccc(S(=O)(=O)Nc2ncn(Cc3cccc(Cl)c3)n2)c1. The van der Waals surface area contributed by atoms with Crippen molar-refractivity contribution in [2.45, 2.75) is 11.4 Å². The lowest BCUT2D eigenvalue weighted by Crippen LogP contribution is -2.14. The minimum atomic E-state index is -4.05. The number of halogens is 1. The van der Waals surface area contributed by atoms with Crippen LogP contribution in [0.4, 0.5) is 11.6 Å². The number of nitro benzene ring substituents is 1. The van der Waals surface area contributed by atoms with Crippen molar-refractivity contribution in [2.24, 2.45) is 0 Å². The third-order valence-corrected chi connectivity index (χ3v) is 4.90. The van der Waals surface area contributed by atoms with Gasteiger partial charge in [0.1, 0.15) is 6.33 Å². The molecule has 0 aliphatic carbocycles. The molecule has 0 saturated carbocycles. The van der Waals surface area contributed by atoms with E-state index < -0.39 is 14.9 Å². The van der Waals surface area contributed by atoms with Crippen LogP contribution in [0.15, 0.2) is 59.8 Å². The summed E-state index contributed by atoms with van der Waals surface area (Å²) < 4.78 is 28.3. The number of anilines is 1. The fourth-order valence-electron chi connectivity index (χ4n) is 2.18. The predicted octanol–water partition coefficient (Wildman–Crippen LogP) is 2.69. The van der Waals surface area contributed by atoms with Crippen molar-refractivity contribution >= 4 is 33.3 Å². The third kappa shape index (κ3) is 4.16. The molecule has 9 nitrogen and oxygen atoms in total. The molecule has 0 amide bonds. The van der Waals surface area contributed by atoms with E-state index in [4.69, 9.17) is 11.6 Å². The zero-order valence-corrected chi connectivity index (χ0v) is 14.7. The average molecular weight is 394 g/mol. The van der Waals surface area contributed by atoms with Gasteiger partial charge in [0.15, 0.2) is 0 Å². The minimum Gasteiger partial charge on any atom is -0.258 e. The molecule has 0 radical (unpaired) electrons. The van der Waals surface area contributed by atoms with Gasteiger partial charge in [0.2, 0.25) is 0 Å². The van der Waals surface area contributed by atoms with Gasteiger partial charge in [-0.25, -0.2) is 17.8 Å². The summed E-state index contributed by atoms with van der Waals surface area (Å²) in [7, 11) is -4.05. The van der Waals surface area contributed by atoms with E-state index >= 15 is 0 Å². The summed E-state index contributed by atoms with van der Waals surface area (Å²) in [6.07, 6.45) is 1.37. The summed E-state index contributed by atoms with van der Waals surface area (Å²) in [4.78, 5) is 13.8. The van der Waals surface area contributed by atoms with Gasteiger partial charge >= 0.3 is 0 Å². The first kappa shape index (κ1) is 17.8. The highest BCUT2D eigenvalue weighted by Gasteiger charge is 2.19. The van der Waals surface area contributed by atoms with E-state index in [1.165, 1.54) is 29.2 Å². The Labute approximate surface area is 153 Å². The number of rotatable bonds is 6. The molecule has 26 heavy (non-hydrogen) atoms. The Balaban J connectivity index is 1.77. The molecule has 0 spiro atoms. The Morgan fingerprint density at radius 2 is 1.96 bits per heavy atom. The summed E-state index contributed by atoms with van der Waals surface area (Å²) in [5.74, 6) is -0.140. The van der Waals surface area contributed by atoms with E-state index in [9.17, 15) is 18.5 Å². The number of hydrogen-bond donors (Lipinski definition) is 1. The zero-order chi connectivity index (χ0) is 18.7. The maximum atomic E-state index is 12.3. The van der Waals surface area contributed by atoms with Crippen LogP contribution in [0.5, 0.6) is 0 Å². The van der Waals surface area contributed by atoms with Crippen LogP contribution in [-0.2, 0) is 16.6 Å². The summed E-state index contributed by atoms with van der Waals surface area (Å²) in [6.45, 7) is 0.353. The van der Waals surface area contributed by atoms with Gasteiger partial charge in [0, 0.05) is 17.2 Å². The standard InChI is InChI=1S/C15H12ClN5O4S/c16-12-4-1-3-11(7-12)9-20-10-17-15(18-20)19-26(24,25)14-6-2-5-13(8-14)21(22)23/h1-8,10H,9H2,(H,18,19). The van der Waals surface area contributed by atoms with Gasteiger partial charge in [-0.1, -0.05) is 29.8 Å². The van der Waals surface area contributed by atoms with Gasteiger partial charge in [0.05, 0.1) is 16.4 Å². The fraction of sp³-hybridized carbons (Fsp3) is 0.0667. The van der Waals surface area contributed by atoms with Crippen LogP contribution in [0.1, 0.15) is 5.56 Å². The maximum absolute atomic E-state index is 12.3. The molecule has 1 N–H and O–H groups in total. The Hall–Kier alpha value is -2.98. The Morgan fingerprint density at radius 3 is 2.69 bits per heavy atom. The quantitative estimate of drug-likeness (QED) is 0.507. The van der Waals surface area contributed by atoms with Crippen LogP contribution in [0.2, 0.25) is 5.02 Å². The molecule has 0 atom stereocenters. The molecule has 134 valence electrons. The molecule has 0 unspecified atom stereocenters. The second kappa shape index (κ2) is 7.10. The number of non-ortho nitro benzene ring substituents is 1. The van der Waals surface area contributed by atoms with Gasteiger partial charge in [-0.15, -0.1) is 5.10 Å². The number of sulfonamides is 1. The minimum absolute atomic E-state index is 0.140. The topological polar surface area (TPSA) is 120 Å². The number of nitrogens with one attached hydrogen (secondary N) is 1. The van der Waals surface area contributed by atoms with Crippen molar-refractivity contribution in [3.63, 3.8) is 0 Å². The average Bonchev–Trinajstić information content (AvgIpc) is 3.01. The highest BCUT2D eigenvalue weighted by atomic mass is 35.5. The molecule has 1 heterocycles. The van der Waals surface area contributed by atoms with Gasteiger partial charge in [-0.05, 0) is 23.8 Å². The molecular formula is C15H12ClN5O4S. The molecule has 0 aliphatic heterocycles. The van der Waals surface area contributed by atoms with Gasteiger partial charge in [-0.2, -0.15) is 4.98 Å². The molecule has 2 aromatic carbocycles. The number of nitro groups is 1. The van der Waals surface area contributed by atoms with E-state index in [1.54, 1.807) is 18.2 Å². The summed E-state index contributed by atoms with van der Waals surface area (Å²) in [5.41, 5.74) is 0.544. The molecule has 0 aliphatic rings. The van der Waals surface area contributed by atoms with Crippen molar-refractivity contribution in [3.8, 4) is 0 Å². The lowest BCUT2D eigenvalue weighted by Gasteiger charge is -2.04. The Bertz CT molecular complexity index is 1070. The number of aromatic nitrogens is 3. The van der Waals surface area contributed by atoms with Gasteiger partial charge in [0.25, 0.3) is 21.7 Å². The van der Waals surface area contributed by atoms with Crippen molar-refractivity contribution < 1.29 is 13.3 Å². The first-order chi connectivity index (χ1) is 12.3. The molecule has 0 saturated heterocycles. The van der Waals surface area contributed by atoms with E-state index in [-0.39, 0.29) is 16.5 Å². The molecule has 0 bridgehead atoms. The second-order valence-corrected chi connectivity index (χ2v) is 7.37. The summed E-state index contributed by atoms with van der Waals surface area (Å²) in [6, 6.07) is 11.8. The fourth-order valence-corrected chi connectivity index (χ4v) is 3.38. The molecule has 3 rings (SSSR count). The molecular weight excluding hydrogens is 382 g/mol. The van der Waals surface area contributed by atoms with Gasteiger partial charge in [-0.3, -0.25) is 10.1 Å². The van der Waals surface area contributed by atoms with E-state index in [2.05, 4.69) is 14.8 Å². The normalized spacial score (nSPS) is 11.3. The van der Waals surface area contributed by atoms with Crippen molar-refractivity contribution in [1.29, 1.82) is 0 Å².